The van der Waals surface area contributed by atoms with Crippen molar-refractivity contribution in [2.45, 2.75) is 26.3 Å². The Morgan fingerprint density at radius 2 is 2.12 bits per heavy atom. The highest BCUT2D eigenvalue weighted by Crippen LogP contribution is 2.20. The molecule has 2 aromatic heterocycles. The summed E-state index contributed by atoms with van der Waals surface area (Å²) in [6, 6.07) is 9.82. The maximum Gasteiger partial charge on any atom is 0.226 e. The quantitative estimate of drug-likeness (QED) is 0.678. The third-order valence-corrected chi connectivity index (χ3v) is 3.71. The Morgan fingerprint density at radius 3 is 2.88 bits per heavy atom. The van der Waals surface area contributed by atoms with Crippen molar-refractivity contribution in [3.8, 4) is 11.3 Å². The van der Waals surface area contributed by atoms with E-state index < -0.39 is 0 Å². The molecule has 24 heavy (non-hydrogen) atoms. The van der Waals surface area contributed by atoms with Gasteiger partial charge >= 0.3 is 0 Å². The second-order valence-electron chi connectivity index (χ2n) is 5.73. The fourth-order valence-corrected chi connectivity index (χ4v) is 2.38. The van der Waals surface area contributed by atoms with Gasteiger partial charge in [0.05, 0.1) is 18.4 Å². The number of nitrogens with zero attached hydrogens (tertiary/aromatic N) is 3. The number of rotatable bonds is 7. The van der Waals surface area contributed by atoms with Crippen LogP contribution in [0.15, 0.2) is 53.6 Å². The van der Waals surface area contributed by atoms with Crippen LogP contribution in [0.3, 0.4) is 0 Å². The minimum atomic E-state index is -0.0515. The van der Waals surface area contributed by atoms with Crippen LogP contribution in [-0.4, -0.2) is 27.2 Å². The first-order valence-corrected chi connectivity index (χ1v) is 7.96. The smallest absolute Gasteiger partial charge is 0.226 e. The van der Waals surface area contributed by atoms with E-state index in [2.05, 4.69) is 15.5 Å². The van der Waals surface area contributed by atoms with Gasteiger partial charge in [0, 0.05) is 37.1 Å². The first-order chi connectivity index (χ1) is 11.7. The molecule has 0 saturated heterocycles. The van der Waals surface area contributed by atoms with Crippen molar-refractivity contribution in [1.82, 2.24) is 20.0 Å². The first kappa shape index (κ1) is 16.0. The molecule has 1 N–H and O–H groups in total. The molecule has 0 atom stereocenters. The van der Waals surface area contributed by atoms with Gasteiger partial charge in [-0.2, -0.15) is 0 Å². The average molecular weight is 324 g/mol. The Kier molecular flexibility index (Phi) is 5.05. The topological polar surface area (TPSA) is 73.0 Å². The van der Waals surface area contributed by atoms with E-state index in [1.54, 1.807) is 12.5 Å². The van der Waals surface area contributed by atoms with Gasteiger partial charge in [0.15, 0.2) is 5.76 Å². The molecule has 0 aliphatic rings. The van der Waals surface area contributed by atoms with Crippen LogP contribution in [0, 0.1) is 6.92 Å². The highest BCUT2D eigenvalue weighted by molar-refractivity contribution is 5.78. The van der Waals surface area contributed by atoms with E-state index >= 15 is 0 Å². The van der Waals surface area contributed by atoms with Gasteiger partial charge in [-0.15, -0.1) is 0 Å². The number of aryl methyl sites for hydroxylation is 2. The number of amides is 1. The Hall–Kier alpha value is -2.89. The summed E-state index contributed by atoms with van der Waals surface area (Å²) >= 11 is 0. The fraction of sp³-hybridized carbons (Fsp3) is 0.278. The van der Waals surface area contributed by atoms with Crippen molar-refractivity contribution in [2.24, 2.45) is 0 Å². The van der Waals surface area contributed by atoms with Crippen molar-refractivity contribution in [2.75, 3.05) is 6.54 Å². The molecule has 1 aromatic carbocycles. The zero-order valence-electron chi connectivity index (χ0n) is 13.6. The van der Waals surface area contributed by atoms with Crippen LogP contribution < -0.4 is 5.32 Å². The van der Waals surface area contributed by atoms with Crippen molar-refractivity contribution >= 4 is 5.91 Å². The largest absolute Gasteiger partial charge is 0.356 e. The summed E-state index contributed by atoms with van der Waals surface area (Å²) in [6.45, 7) is 3.49. The standard InChI is InChI=1S/C18H20N4O2/c1-14-3-5-15(6-4-14)17-11-16(21-24-17)12-18(23)20-7-2-9-22-10-8-19-13-22/h3-6,8,10-11,13H,2,7,9,12H2,1H3,(H,20,23). The Morgan fingerprint density at radius 1 is 1.29 bits per heavy atom. The molecule has 0 bridgehead atoms. The number of imidazole rings is 1. The average Bonchev–Trinajstić information content (AvgIpc) is 3.24. The maximum absolute atomic E-state index is 12.0. The van der Waals surface area contributed by atoms with Crippen molar-refractivity contribution in [1.29, 1.82) is 0 Å². The lowest BCUT2D eigenvalue weighted by molar-refractivity contribution is -0.120. The highest BCUT2D eigenvalue weighted by atomic mass is 16.5. The van der Waals surface area contributed by atoms with Crippen LogP contribution in [0.25, 0.3) is 11.3 Å². The van der Waals surface area contributed by atoms with E-state index in [-0.39, 0.29) is 12.3 Å². The summed E-state index contributed by atoms with van der Waals surface area (Å²) in [7, 11) is 0. The summed E-state index contributed by atoms with van der Waals surface area (Å²) in [5, 5.41) is 6.87. The van der Waals surface area contributed by atoms with Crippen molar-refractivity contribution in [3.05, 3.63) is 60.3 Å². The number of aromatic nitrogens is 3. The Labute approximate surface area is 140 Å². The number of benzene rings is 1. The van der Waals surface area contributed by atoms with E-state index in [9.17, 15) is 4.79 Å². The maximum atomic E-state index is 12.0. The minimum Gasteiger partial charge on any atom is -0.356 e. The summed E-state index contributed by atoms with van der Waals surface area (Å²) < 4.78 is 7.31. The molecule has 0 saturated carbocycles. The summed E-state index contributed by atoms with van der Waals surface area (Å²) in [4.78, 5) is 15.9. The van der Waals surface area contributed by atoms with Gasteiger partial charge in [0.25, 0.3) is 0 Å². The van der Waals surface area contributed by atoms with Gasteiger partial charge in [-0.1, -0.05) is 35.0 Å². The fourth-order valence-electron chi connectivity index (χ4n) is 2.38. The van der Waals surface area contributed by atoms with E-state index in [4.69, 9.17) is 4.52 Å². The van der Waals surface area contributed by atoms with Gasteiger partial charge in [-0.3, -0.25) is 4.79 Å². The molecule has 0 aliphatic carbocycles. The van der Waals surface area contributed by atoms with E-state index in [1.165, 1.54) is 5.56 Å². The molecule has 2 heterocycles. The van der Waals surface area contributed by atoms with Crippen LogP contribution in [0.4, 0.5) is 0 Å². The second-order valence-corrected chi connectivity index (χ2v) is 5.73. The number of carbonyl (C=O) groups excluding carboxylic acids is 1. The lowest BCUT2D eigenvalue weighted by Gasteiger charge is -2.04. The number of carbonyl (C=O) groups is 1. The predicted molar refractivity (Wildman–Crippen MR) is 90.2 cm³/mol. The Balaban J connectivity index is 1.45. The van der Waals surface area contributed by atoms with Gasteiger partial charge < -0.3 is 14.4 Å². The molecular formula is C18H20N4O2. The van der Waals surface area contributed by atoms with Gasteiger partial charge in [0.2, 0.25) is 5.91 Å². The lowest BCUT2D eigenvalue weighted by atomic mass is 10.1. The monoisotopic (exact) mass is 324 g/mol. The Bertz CT molecular complexity index is 776. The van der Waals surface area contributed by atoms with Crippen LogP contribution in [-0.2, 0) is 17.8 Å². The van der Waals surface area contributed by atoms with Crippen LogP contribution in [0.1, 0.15) is 17.7 Å². The molecule has 124 valence electrons. The normalized spacial score (nSPS) is 10.7. The summed E-state index contributed by atoms with van der Waals surface area (Å²) in [5.74, 6) is 0.627. The zero-order valence-corrected chi connectivity index (χ0v) is 13.6. The van der Waals surface area contributed by atoms with E-state index in [0.29, 0.717) is 18.0 Å². The third-order valence-electron chi connectivity index (χ3n) is 3.71. The van der Waals surface area contributed by atoms with Crippen molar-refractivity contribution in [3.63, 3.8) is 0 Å². The van der Waals surface area contributed by atoms with Gasteiger partial charge in [0.1, 0.15) is 0 Å². The molecule has 3 rings (SSSR count). The van der Waals surface area contributed by atoms with Crippen LogP contribution >= 0.6 is 0 Å². The molecule has 6 heteroatoms. The molecule has 0 radical (unpaired) electrons. The van der Waals surface area contributed by atoms with Crippen LogP contribution in [0.5, 0.6) is 0 Å². The highest BCUT2D eigenvalue weighted by Gasteiger charge is 2.10. The molecule has 0 aliphatic heterocycles. The molecule has 6 nitrogen and oxygen atoms in total. The predicted octanol–water partition coefficient (Wildman–Crippen LogP) is 2.60. The van der Waals surface area contributed by atoms with Gasteiger partial charge in [-0.25, -0.2) is 4.98 Å². The molecule has 1 amide bonds. The number of hydrogen-bond donors (Lipinski definition) is 1. The summed E-state index contributed by atoms with van der Waals surface area (Å²) in [5.41, 5.74) is 2.78. The number of nitrogens with one attached hydrogen (secondary N) is 1. The summed E-state index contributed by atoms with van der Waals surface area (Å²) in [6.07, 6.45) is 6.50. The third kappa shape index (κ3) is 4.32. The van der Waals surface area contributed by atoms with E-state index in [0.717, 1.165) is 18.5 Å². The van der Waals surface area contributed by atoms with Crippen LogP contribution in [0.2, 0.25) is 0 Å². The van der Waals surface area contributed by atoms with Gasteiger partial charge in [-0.05, 0) is 13.3 Å². The lowest BCUT2D eigenvalue weighted by Crippen LogP contribution is -2.26. The first-order valence-electron chi connectivity index (χ1n) is 7.96. The molecule has 0 spiro atoms. The number of hydrogen-bond acceptors (Lipinski definition) is 4. The zero-order chi connectivity index (χ0) is 16.8. The molecule has 0 fully saturated rings. The molecule has 0 unspecified atom stereocenters. The van der Waals surface area contributed by atoms with Crippen molar-refractivity contribution < 1.29 is 9.32 Å². The van der Waals surface area contributed by atoms with E-state index in [1.807, 2.05) is 48.0 Å². The molecule has 3 aromatic rings. The SMILES string of the molecule is Cc1ccc(-c2cc(CC(=O)NCCCn3ccnc3)no2)cc1. The second kappa shape index (κ2) is 7.59. The minimum absolute atomic E-state index is 0.0515. The molecular weight excluding hydrogens is 304 g/mol.